The number of carbonyl (C=O) groups excluding carboxylic acids is 1. The molecule has 0 bridgehead atoms. The zero-order valence-corrected chi connectivity index (χ0v) is 12.8. The van der Waals surface area contributed by atoms with Crippen molar-refractivity contribution in [2.75, 3.05) is 0 Å². The lowest BCUT2D eigenvalue weighted by molar-refractivity contribution is -0.153. The average molecular weight is 336 g/mol. The largest absolute Gasteiger partial charge is 0.462 e. The van der Waals surface area contributed by atoms with Gasteiger partial charge in [-0.25, -0.2) is 0 Å². The molecule has 0 N–H and O–H groups in total. The average Bonchev–Trinajstić information content (AvgIpc) is 2.17. The van der Waals surface area contributed by atoms with Gasteiger partial charge in [-0.2, -0.15) is 0 Å². The summed E-state index contributed by atoms with van der Waals surface area (Å²) < 4.78 is 7.32. The fourth-order valence-electron chi connectivity index (χ4n) is 1.13. The van der Waals surface area contributed by atoms with Crippen LogP contribution in [0.4, 0.5) is 0 Å². The number of carbonyl (C=O) groups is 1. The SMILES string of the molecule is CC(/C=C/I)=C\C(C)[C@H](C)OC(=O)C(C)C. The van der Waals surface area contributed by atoms with Gasteiger partial charge in [0.15, 0.2) is 0 Å². The first-order valence-electron chi connectivity index (χ1n) is 5.54. The Morgan fingerprint density at radius 1 is 1.25 bits per heavy atom. The van der Waals surface area contributed by atoms with Gasteiger partial charge in [0.05, 0.1) is 5.92 Å². The Morgan fingerprint density at radius 3 is 2.25 bits per heavy atom. The minimum absolute atomic E-state index is 0.0611. The molecule has 2 nitrogen and oxygen atoms in total. The zero-order valence-electron chi connectivity index (χ0n) is 10.7. The van der Waals surface area contributed by atoms with Crippen molar-refractivity contribution in [3.8, 4) is 0 Å². The van der Waals surface area contributed by atoms with Gasteiger partial charge in [0.1, 0.15) is 6.10 Å². The van der Waals surface area contributed by atoms with E-state index in [-0.39, 0.29) is 23.9 Å². The normalized spacial score (nSPS) is 16.6. The van der Waals surface area contributed by atoms with Gasteiger partial charge in [-0.15, -0.1) is 0 Å². The van der Waals surface area contributed by atoms with E-state index in [0.29, 0.717) is 0 Å². The van der Waals surface area contributed by atoms with E-state index in [0.717, 1.165) is 0 Å². The molecule has 0 rings (SSSR count). The van der Waals surface area contributed by atoms with Crippen LogP contribution < -0.4 is 0 Å². The lowest BCUT2D eigenvalue weighted by atomic mass is 10.0. The van der Waals surface area contributed by atoms with E-state index in [2.05, 4.69) is 35.6 Å². The molecule has 0 aliphatic rings. The van der Waals surface area contributed by atoms with E-state index in [9.17, 15) is 4.79 Å². The van der Waals surface area contributed by atoms with Gasteiger partial charge in [-0.1, -0.05) is 61.1 Å². The number of esters is 1. The van der Waals surface area contributed by atoms with Crippen molar-refractivity contribution in [3.63, 3.8) is 0 Å². The number of allylic oxidation sites excluding steroid dienone is 2. The molecule has 3 heteroatoms. The molecule has 0 fully saturated rings. The van der Waals surface area contributed by atoms with E-state index in [1.807, 2.05) is 37.9 Å². The van der Waals surface area contributed by atoms with Crippen LogP contribution in [-0.4, -0.2) is 12.1 Å². The molecule has 0 heterocycles. The van der Waals surface area contributed by atoms with E-state index >= 15 is 0 Å². The van der Waals surface area contributed by atoms with E-state index < -0.39 is 0 Å². The summed E-state index contributed by atoms with van der Waals surface area (Å²) in [7, 11) is 0. The van der Waals surface area contributed by atoms with E-state index in [4.69, 9.17) is 4.74 Å². The van der Waals surface area contributed by atoms with Crippen LogP contribution in [0.1, 0.15) is 34.6 Å². The second kappa shape index (κ2) is 7.87. The molecule has 0 amide bonds. The van der Waals surface area contributed by atoms with Crippen molar-refractivity contribution in [2.24, 2.45) is 11.8 Å². The monoisotopic (exact) mass is 336 g/mol. The summed E-state index contributed by atoms with van der Waals surface area (Å²) in [6.45, 7) is 9.73. The molecule has 92 valence electrons. The van der Waals surface area contributed by atoms with Gasteiger partial charge in [-0.05, 0) is 17.9 Å². The van der Waals surface area contributed by atoms with Crippen LogP contribution in [0, 0.1) is 11.8 Å². The highest BCUT2D eigenvalue weighted by atomic mass is 127. The number of hydrogen-bond donors (Lipinski definition) is 0. The first-order valence-corrected chi connectivity index (χ1v) is 6.78. The van der Waals surface area contributed by atoms with Crippen LogP contribution in [0.5, 0.6) is 0 Å². The van der Waals surface area contributed by atoms with Crippen molar-refractivity contribution in [2.45, 2.75) is 40.7 Å². The van der Waals surface area contributed by atoms with Crippen molar-refractivity contribution >= 4 is 28.6 Å². The lowest BCUT2D eigenvalue weighted by Gasteiger charge is -2.19. The molecule has 1 unspecified atom stereocenters. The van der Waals surface area contributed by atoms with Crippen molar-refractivity contribution in [1.29, 1.82) is 0 Å². The van der Waals surface area contributed by atoms with Gasteiger partial charge < -0.3 is 4.74 Å². The van der Waals surface area contributed by atoms with Crippen molar-refractivity contribution < 1.29 is 9.53 Å². The number of ether oxygens (including phenoxy) is 1. The van der Waals surface area contributed by atoms with Gasteiger partial charge in [-0.3, -0.25) is 4.79 Å². The Morgan fingerprint density at radius 2 is 1.81 bits per heavy atom. The molecule has 0 aromatic rings. The standard InChI is InChI=1S/C13H21IO2/c1-9(2)13(15)16-12(5)11(4)8-10(3)6-7-14/h6-9,11-12H,1-5H3/b7-6+,10-8+/t11?,12-/m0/s1. The minimum Gasteiger partial charge on any atom is -0.462 e. The van der Waals surface area contributed by atoms with E-state index in [1.54, 1.807) is 0 Å². The maximum Gasteiger partial charge on any atom is 0.308 e. The molecule has 2 atom stereocenters. The predicted octanol–water partition coefficient (Wildman–Crippen LogP) is 4.11. The third kappa shape index (κ3) is 6.30. The molecule has 16 heavy (non-hydrogen) atoms. The topological polar surface area (TPSA) is 26.3 Å². The third-order valence-corrected chi connectivity index (χ3v) is 2.73. The number of halogens is 1. The van der Waals surface area contributed by atoms with E-state index in [1.165, 1.54) is 5.57 Å². The Kier molecular flexibility index (Phi) is 7.72. The number of rotatable bonds is 5. The first-order chi connectivity index (χ1) is 7.38. The molecular weight excluding hydrogens is 315 g/mol. The molecule has 0 saturated carbocycles. The van der Waals surface area contributed by atoms with Gasteiger partial charge >= 0.3 is 5.97 Å². The highest BCUT2D eigenvalue weighted by molar-refractivity contribution is 14.1. The maximum atomic E-state index is 11.4. The van der Waals surface area contributed by atoms with Crippen LogP contribution in [0.15, 0.2) is 21.8 Å². The van der Waals surface area contributed by atoms with Crippen LogP contribution in [0.25, 0.3) is 0 Å². The quantitative estimate of drug-likeness (QED) is 0.429. The van der Waals surface area contributed by atoms with Crippen LogP contribution in [0.3, 0.4) is 0 Å². The molecular formula is C13H21IO2. The summed E-state index contributed by atoms with van der Waals surface area (Å²) in [4.78, 5) is 11.4. The number of hydrogen-bond acceptors (Lipinski definition) is 2. The maximum absolute atomic E-state index is 11.4. The summed E-state index contributed by atoms with van der Waals surface area (Å²) in [6, 6.07) is 0. The first kappa shape index (κ1) is 15.7. The Balaban J connectivity index is 4.34. The second-order valence-corrected chi connectivity index (χ2v) is 5.08. The predicted molar refractivity (Wildman–Crippen MR) is 76.5 cm³/mol. The Bertz CT molecular complexity index is 280. The summed E-state index contributed by atoms with van der Waals surface area (Å²) in [5.41, 5.74) is 1.19. The fraction of sp³-hybridized carbons (Fsp3) is 0.615. The van der Waals surface area contributed by atoms with Crippen LogP contribution in [-0.2, 0) is 9.53 Å². The summed E-state index contributed by atoms with van der Waals surface area (Å²) in [5, 5.41) is 0. The summed E-state index contributed by atoms with van der Waals surface area (Å²) in [5.74, 6) is 0.0408. The highest BCUT2D eigenvalue weighted by Gasteiger charge is 2.17. The molecule has 0 aromatic heterocycles. The summed E-state index contributed by atoms with van der Waals surface area (Å²) in [6.07, 6.45) is 4.08. The Labute approximate surface area is 112 Å². The third-order valence-electron chi connectivity index (χ3n) is 2.37. The molecule has 0 aromatic carbocycles. The fourth-order valence-corrected chi connectivity index (χ4v) is 1.70. The zero-order chi connectivity index (χ0) is 12.7. The highest BCUT2D eigenvalue weighted by Crippen LogP contribution is 2.14. The Hall–Kier alpha value is -0.320. The van der Waals surface area contributed by atoms with Crippen LogP contribution >= 0.6 is 22.6 Å². The van der Waals surface area contributed by atoms with Crippen molar-refractivity contribution in [1.82, 2.24) is 0 Å². The molecule has 0 radical (unpaired) electrons. The lowest BCUT2D eigenvalue weighted by Crippen LogP contribution is -2.23. The van der Waals surface area contributed by atoms with Gasteiger partial charge in [0, 0.05) is 5.92 Å². The van der Waals surface area contributed by atoms with Crippen LogP contribution in [0.2, 0.25) is 0 Å². The summed E-state index contributed by atoms with van der Waals surface area (Å²) >= 11 is 2.19. The molecule has 0 saturated heterocycles. The second-order valence-electron chi connectivity index (χ2n) is 4.36. The molecule has 0 aliphatic carbocycles. The van der Waals surface area contributed by atoms with Gasteiger partial charge in [0.25, 0.3) is 0 Å². The molecule has 0 aliphatic heterocycles. The van der Waals surface area contributed by atoms with Crippen molar-refractivity contribution in [3.05, 3.63) is 21.8 Å². The van der Waals surface area contributed by atoms with Gasteiger partial charge in [0.2, 0.25) is 0 Å². The molecule has 0 spiro atoms. The smallest absolute Gasteiger partial charge is 0.308 e. The minimum atomic E-state index is -0.130.